The number of rotatable bonds is 5. The fraction of sp³-hybridized carbons (Fsp3) is 0.231. The van der Waals surface area contributed by atoms with Crippen LogP contribution in [0.25, 0.3) is 0 Å². The molecule has 1 aromatic heterocycles. The molecule has 0 aliphatic rings. The Morgan fingerprint density at radius 3 is 2.35 bits per heavy atom. The van der Waals surface area contributed by atoms with E-state index in [0.717, 1.165) is 4.88 Å². The van der Waals surface area contributed by atoms with Crippen molar-refractivity contribution in [3.05, 3.63) is 46.7 Å². The van der Waals surface area contributed by atoms with Gasteiger partial charge in [-0.05, 0) is 23.6 Å². The van der Waals surface area contributed by atoms with Crippen molar-refractivity contribution in [1.29, 1.82) is 0 Å². The van der Waals surface area contributed by atoms with Gasteiger partial charge in [0.05, 0.1) is 0 Å². The molecule has 0 saturated heterocycles. The molecule has 1 heterocycles. The minimum atomic E-state index is -4.76. The maximum absolute atomic E-state index is 12.3. The molecule has 1 unspecified atom stereocenters. The van der Waals surface area contributed by atoms with Crippen LogP contribution in [0.5, 0.6) is 11.5 Å². The highest BCUT2D eigenvalue weighted by molar-refractivity contribution is 7.10. The molecule has 20 heavy (non-hydrogen) atoms. The van der Waals surface area contributed by atoms with E-state index in [9.17, 15) is 13.2 Å². The third kappa shape index (κ3) is 3.88. The van der Waals surface area contributed by atoms with Gasteiger partial charge in [0, 0.05) is 11.4 Å². The standard InChI is InChI=1S/C13H12F3NO2S/c14-13(15,16)19-10-5-2-1-4-9(10)18-11(8-17)12-6-3-7-20-12/h1-7,11H,8,17H2. The van der Waals surface area contributed by atoms with Gasteiger partial charge in [0.15, 0.2) is 11.5 Å². The average Bonchev–Trinajstić information content (AvgIpc) is 2.89. The second-order valence-corrected chi connectivity index (χ2v) is 4.83. The van der Waals surface area contributed by atoms with Crippen molar-refractivity contribution in [2.75, 3.05) is 6.54 Å². The predicted molar refractivity (Wildman–Crippen MR) is 69.9 cm³/mol. The summed E-state index contributed by atoms with van der Waals surface area (Å²) in [5, 5.41) is 1.85. The Morgan fingerprint density at radius 2 is 1.80 bits per heavy atom. The zero-order chi connectivity index (χ0) is 14.6. The van der Waals surface area contributed by atoms with E-state index < -0.39 is 12.5 Å². The summed E-state index contributed by atoms with van der Waals surface area (Å²) in [6, 6.07) is 9.26. The summed E-state index contributed by atoms with van der Waals surface area (Å²) in [6.45, 7) is 0.154. The third-order valence-corrected chi connectivity index (χ3v) is 3.38. The van der Waals surface area contributed by atoms with E-state index in [4.69, 9.17) is 10.5 Å². The van der Waals surface area contributed by atoms with Gasteiger partial charge in [-0.2, -0.15) is 0 Å². The van der Waals surface area contributed by atoms with Gasteiger partial charge in [-0.15, -0.1) is 24.5 Å². The van der Waals surface area contributed by atoms with E-state index in [-0.39, 0.29) is 18.0 Å². The van der Waals surface area contributed by atoms with Crippen LogP contribution in [0.15, 0.2) is 41.8 Å². The van der Waals surface area contributed by atoms with E-state index in [2.05, 4.69) is 4.74 Å². The Bertz CT molecular complexity index is 543. The first-order chi connectivity index (χ1) is 9.49. The minimum absolute atomic E-state index is 0.00803. The predicted octanol–water partition coefficient (Wildman–Crippen LogP) is 3.73. The number of thiophene rings is 1. The summed E-state index contributed by atoms with van der Waals surface area (Å²) in [5.41, 5.74) is 5.61. The van der Waals surface area contributed by atoms with Crippen LogP contribution < -0.4 is 15.2 Å². The van der Waals surface area contributed by atoms with Crippen LogP contribution in [0.1, 0.15) is 11.0 Å². The van der Waals surface area contributed by atoms with Gasteiger partial charge < -0.3 is 15.2 Å². The van der Waals surface area contributed by atoms with Crippen molar-refractivity contribution < 1.29 is 22.6 Å². The lowest BCUT2D eigenvalue weighted by Gasteiger charge is -2.19. The molecule has 1 atom stereocenters. The lowest BCUT2D eigenvalue weighted by molar-refractivity contribution is -0.275. The lowest BCUT2D eigenvalue weighted by Crippen LogP contribution is -2.20. The van der Waals surface area contributed by atoms with E-state index >= 15 is 0 Å². The first-order valence-electron chi connectivity index (χ1n) is 5.74. The molecule has 1 aromatic carbocycles. The van der Waals surface area contributed by atoms with Gasteiger partial charge >= 0.3 is 6.36 Å². The van der Waals surface area contributed by atoms with Gasteiger partial charge in [-0.3, -0.25) is 0 Å². The quantitative estimate of drug-likeness (QED) is 0.915. The second kappa shape index (κ2) is 6.15. The third-order valence-electron chi connectivity index (χ3n) is 2.42. The molecule has 7 heteroatoms. The van der Waals surface area contributed by atoms with Crippen molar-refractivity contribution in [2.24, 2.45) is 5.73 Å². The number of halogens is 3. The van der Waals surface area contributed by atoms with Crippen LogP contribution in [-0.2, 0) is 0 Å². The molecule has 0 aliphatic heterocycles. The van der Waals surface area contributed by atoms with E-state index in [1.165, 1.54) is 29.5 Å². The van der Waals surface area contributed by atoms with Crippen molar-refractivity contribution in [1.82, 2.24) is 0 Å². The number of para-hydroxylation sites is 2. The highest BCUT2D eigenvalue weighted by atomic mass is 32.1. The summed E-state index contributed by atoms with van der Waals surface area (Å²) >= 11 is 1.43. The molecular formula is C13H12F3NO2S. The summed E-state index contributed by atoms with van der Waals surface area (Å²) < 4.78 is 46.4. The minimum Gasteiger partial charge on any atom is -0.480 e. The highest BCUT2D eigenvalue weighted by Gasteiger charge is 2.32. The van der Waals surface area contributed by atoms with E-state index in [0.29, 0.717) is 0 Å². The number of nitrogens with two attached hydrogens (primary N) is 1. The molecule has 3 nitrogen and oxygen atoms in total. The maximum Gasteiger partial charge on any atom is 0.573 e. The van der Waals surface area contributed by atoms with Crippen molar-refractivity contribution in [3.63, 3.8) is 0 Å². The van der Waals surface area contributed by atoms with Crippen LogP contribution in [0, 0.1) is 0 Å². The normalized spacial score (nSPS) is 13.0. The molecule has 2 aromatic rings. The Labute approximate surface area is 117 Å². The maximum atomic E-state index is 12.3. The Hall–Kier alpha value is -1.73. The van der Waals surface area contributed by atoms with Crippen molar-refractivity contribution >= 4 is 11.3 Å². The fourth-order valence-corrected chi connectivity index (χ4v) is 2.37. The zero-order valence-corrected chi connectivity index (χ0v) is 11.1. The summed E-state index contributed by atoms with van der Waals surface area (Å²) in [5.74, 6) is -0.372. The molecule has 0 bridgehead atoms. The molecule has 2 N–H and O–H groups in total. The van der Waals surface area contributed by atoms with Crippen LogP contribution in [0.2, 0.25) is 0 Å². The molecule has 0 radical (unpaired) electrons. The zero-order valence-electron chi connectivity index (χ0n) is 10.3. The fourth-order valence-electron chi connectivity index (χ4n) is 1.61. The molecule has 0 saturated carbocycles. The Morgan fingerprint density at radius 1 is 1.10 bits per heavy atom. The van der Waals surface area contributed by atoms with Gasteiger partial charge in [0.2, 0.25) is 0 Å². The van der Waals surface area contributed by atoms with Gasteiger partial charge in [-0.1, -0.05) is 18.2 Å². The number of ether oxygens (including phenoxy) is 2. The first-order valence-corrected chi connectivity index (χ1v) is 6.62. The van der Waals surface area contributed by atoms with Gasteiger partial charge in [0.1, 0.15) is 6.10 Å². The summed E-state index contributed by atoms with van der Waals surface area (Å²) in [7, 11) is 0. The number of benzene rings is 1. The second-order valence-electron chi connectivity index (χ2n) is 3.85. The largest absolute Gasteiger partial charge is 0.573 e. The SMILES string of the molecule is NCC(Oc1ccccc1OC(F)(F)F)c1cccs1. The number of hydrogen-bond acceptors (Lipinski definition) is 4. The van der Waals surface area contributed by atoms with Gasteiger partial charge in [0.25, 0.3) is 0 Å². The number of alkyl halides is 3. The summed E-state index contributed by atoms with van der Waals surface area (Å²) in [4.78, 5) is 0.842. The molecule has 2 rings (SSSR count). The first kappa shape index (κ1) is 14.7. The van der Waals surface area contributed by atoms with Crippen LogP contribution >= 0.6 is 11.3 Å². The van der Waals surface area contributed by atoms with Crippen LogP contribution in [0.4, 0.5) is 13.2 Å². The number of hydrogen-bond donors (Lipinski definition) is 1. The molecular weight excluding hydrogens is 291 g/mol. The smallest absolute Gasteiger partial charge is 0.480 e. The molecule has 0 fully saturated rings. The topological polar surface area (TPSA) is 44.5 Å². The summed E-state index contributed by atoms with van der Waals surface area (Å²) in [6.07, 6.45) is -5.27. The average molecular weight is 303 g/mol. The molecule has 108 valence electrons. The Balaban J connectivity index is 2.20. The monoisotopic (exact) mass is 303 g/mol. The molecule has 0 amide bonds. The van der Waals surface area contributed by atoms with Crippen molar-refractivity contribution in [2.45, 2.75) is 12.5 Å². The van der Waals surface area contributed by atoms with E-state index in [1.54, 1.807) is 6.07 Å². The van der Waals surface area contributed by atoms with E-state index in [1.807, 2.05) is 17.5 Å². The van der Waals surface area contributed by atoms with Crippen LogP contribution in [0.3, 0.4) is 0 Å². The van der Waals surface area contributed by atoms with Gasteiger partial charge in [-0.25, -0.2) is 0 Å². The molecule has 0 spiro atoms. The molecule has 0 aliphatic carbocycles. The lowest BCUT2D eigenvalue weighted by atomic mass is 10.2. The highest BCUT2D eigenvalue weighted by Crippen LogP contribution is 2.35. The Kier molecular flexibility index (Phi) is 4.51. The van der Waals surface area contributed by atoms with Crippen molar-refractivity contribution in [3.8, 4) is 11.5 Å². The van der Waals surface area contributed by atoms with Crippen LogP contribution in [-0.4, -0.2) is 12.9 Å².